The highest BCUT2D eigenvalue weighted by molar-refractivity contribution is 5.90. The second-order valence-corrected chi connectivity index (χ2v) is 3.82. The van der Waals surface area contributed by atoms with Crippen LogP contribution in [-0.2, 0) is 11.4 Å². The first-order valence-electron chi connectivity index (χ1n) is 5.69. The lowest BCUT2D eigenvalue weighted by Gasteiger charge is -2.06. The topological polar surface area (TPSA) is 49.3 Å². The minimum absolute atomic E-state index is 0.0166. The zero-order chi connectivity index (χ0) is 12.5. The molecular formula is C14H17NO2. The van der Waals surface area contributed by atoms with Crippen LogP contribution in [0.1, 0.15) is 31.2 Å². The number of hydrogen-bond acceptors (Lipinski definition) is 2. The van der Waals surface area contributed by atoms with E-state index in [1.54, 1.807) is 18.2 Å². The predicted octanol–water partition coefficient (Wildman–Crippen LogP) is 2.31. The molecule has 90 valence electrons. The Kier molecular flexibility index (Phi) is 5.84. The quantitative estimate of drug-likeness (QED) is 0.583. The van der Waals surface area contributed by atoms with E-state index in [-0.39, 0.29) is 12.5 Å². The van der Waals surface area contributed by atoms with Crippen molar-refractivity contribution in [3.8, 4) is 12.3 Å². The normalized spacial score (nSPS) is 9.65. The molecule has 3 heteroatoms. The van der Waals surface area contributed by atoms with Crippen LogP contribution >= 0.6 is 0 Å². The lowest BCUT2D eigenvalue weighted by molar-refractivity contribution is -0.116. The molecule has 0 saturated carbocycles. The summed E-state index contributed by atoms with van der Waals surface area (Å²) >= 11 is 0. The van der Waals surface area contributed by atoms with Crippen LogP contribution < -0.4 is 5.32 Å². The van der Waals surface area contributed by atoms with Gasteiger partial charge in [-0.15, -0.1) is 12.3 Å². The molecule has 0 saturated heterocycles. The zero-order valence-corrected chi connectivity index (χ0v) is 9.78. The lowest BCUT2D eigenvalue weighted by Crippen LogP contribution is -2.11. The van der Waals surface area contributed by atoms with E-state index in [9.17, 15) is 4.79 Å². The SMILES string of the molecule is C#CCCCCC(=O)Nc1cccc(CO)c1. The Morgan fingerprint density at radius 3 is 2.94 bits per heavy atom. The number of amides is 1. The van der Waals surface area contributed by atoms with Crippen LogP contribution in [0.4, 0.5) is 5.69 Å². The summed E-state index contributed by atoms with van der Waals surface area (Å²) in [5.74, 6) is 2.53. The summed E-state index contributed by atoms with van der Waals surface area (Å²) in [5, 5.41) is 11.8. The van der Waals surface area contributed by atoms with E-state index in [4.69, 9.17) is 11.5 Å². The van der Waals surface area contributed by atoms with E-state index in [0.717, 1.165) is 24.1 Å². The molecular weight excluding hydrogens is 214 g/mol. The number of anilines is 1. The Morgan fingerprint density at radius 1 is 1.41 bits per heavy atom. The molecule has 0 aliphatic heterocycles. The lowest BCUT2D eigenvalue weighted by atomic mass is 10.2. The number of aliphatic hydroxyl groups is 1. The Morgan fingerprint density at radius 2 is 2.24 bits per heavy atom. The van der Waals surface area contributed by atoms with E-state index < -0.39 is 0 Å². The number of rotatable bonds is 6. The molecule has 0 aliphatic rings. The van der Waals surface area contributed by atoms with Gasteiger partial charge in [0.1, 0.15) is 0 Å². The summed E-state index contributed by atoms with van der Waals surface area (Å²) in [5.41, 5.74) is 1.51. The van der Waals surface area contributed by atoms with Gasteiger partial charge in [0, 0.05) is 18.5 Å². The maximum Gasteiger partial charge on any atom is 0.224 e. The van der Waals surface area contributed by atoms with Crippen LogP contribution in [0.15, 0.2) is 24.3 Å². The van der Waals surface area contributed by atoms with Crippen LogP contribution in [0.5, 0.6) is 0 Å². The molecule has 1 aromatic rings. The van der Waals surface area contributed by atoms with Crippen LogP contribution in [0.2, 0.25) is 0 Å². The van der Waals surface area contributed by atoms with Crippen molar-refractivity contribution in [2.24, 2.45) is 0 Å². The maximum absolute atomic E-state index is 11.5. The molecule has 0 aliphatic carbocycles. The summed E-state index contributed by atoms with van der Waals surface area (Å²) in [6.07, 6.45) is 8.00. The molecule has 0 spiro atoms. The van der Waals surface area contributed by atoms with Gasteiger partial charge in [-0.3, -0.25) is 4.79 Å². The van der Waals surface area contributed by atoms with Gasteiger partial charge in [0.25, 0.3) is 0 Å². The van der Waals surface area contributed by atoms with E-state index >= 15 is 0 Å². The zero-order valence-electron chi connectivity index (χ0n) is 9.78. The van der Waals surface area contributed by atoms with Gasteiger partial charge in [0.05, 0.1) is 6.61 Å². The van der Waals surface area contributed by atoms with E-state index in [0.29, 0.717) is 12.8 Å². The third-order valence-electron chi connectivity index (χ3n) is 2.37. The van der Waals surface area contributed by atoms with Crippen LogP contribution in [0.3, 0.4) is 0 Å². The molecule has 2 N–H and O–H groups in total. The number of terminal acetylenes is 1. The molecule has 0 heterocycles. The molecule has 3 nitrogen and oxygen atoms in total. The number of nitrogens with one attached hydrogen (secondary N) is 1. The molecule has 0 unspecified atom stereocenters. The number of carbonyl (C=O) groups excluding carboxylic acids is 1. The number of carbonyl (C=O) groups is 1. The average Bonchev–Trinajstić information content (AvgIpc) is 2.35. The second-order valence-electron chi connectivity index (χ2n) is 3.82. The Labute approximate surface area is 102 Å². The minimum Gasteiger partial charge on any atom is -0.392 e. The Balaban J connectivity index is 2.37. The third kappa shape index (κ3) is 5.19. The minimum atomic E-state index is -0.0219. The highest BCUT2D eigenvalue weighted by atomic mass is 16.3. The monoisotopic (exact) mass is 231 g/mol. The molecule has 1 amide bonds. The smallest absolute Gasteiger partial charge is 0.224 e. The van der Waals surface area contributed by atoms with Gasteiger partial charge >= 0.3 is 0 Å². The Hall–Kier alpha value is -1.79. The molecule has 1 aromatic carbocycles. The molecule has 0 aromatic heterocycles. The number of aliphatic hydroxyl groups excluding tert-OH is 1. The number of benzene rings is 1. The maximum atomic E-state index is 11.5. The fourth-order valence-electron chi connectivity index (χ4n) is 1.48. The summed E-state index contributed by atoms with van der Waals surface area (Å²) in [4.78, 5) is 11.5. The van der Waals surface area contributed by atoms with E-state index in [1.165, 1.54) is 0 Å². The third-order valence-corrected chi connectivity index (χ3v) is 2.37. The molecule has 0 bridgehead atoms. The highest BCUT2D eigenvalue weighted by Crippen LogP contribution is 2.11. The van der Waals surface area contributed by atoms with E-state index in [1.807, 2.05) is 6.07 Å². The van der Waals surface area contributed by atoms with Crippen molar-refractivity contribution in [2.45, 2.75) is 32.3 Å². The van der Waals surface area contributed by atoms with Gasteiger partial charge in [-0.2, -0.15) is 0 Å². The first kappa shape index (κ1) is 13.3. The van der Waals surface area contributed by atoms with E-state index in [2.05, 4.69) is 11.2 Å². The van der Waals surface area contributed by atoms with Crippen molar-refractivity contribution >= 4 is 11.6 Å². The van der Waals surface area contributed by atoms with Crippen LogP contribution in [0, 0.1) is 12.3 Å². The van der Waals surface area contributed by atoms with Gasteiger partial charge in [-0.25, -0.2) is 0 Å². The average molecular weight is 231 g/mol. The molecule has 17 heavy (non-hydrogen) atoms. The molecule has 0 radical (unpaired) electrons. The fourth-order valence-corrected chi connectivity index (χ4v) is 1.48. The molecule has 0 fully saturated rings. The number of unbranched alkanes of at least 4 members (excludes halogenated alkanes) is 2. The van der Waals surface area contributed by atoms with Gasteiger partial charge in [0.15, 0.2) is 0 Å². The van der Waals surface area contributed by atoms with Gasteiger partial charge in [-0.1, -0.05) is 12.1 Å². The second kappa shape index (κ2) is 7.48. The van der Waals surface area contributed by atoms with Crippen LogP contribution in [0.25, 0.3) is 0 Å². The Bertz CT molecular complexity index is 407. The van der Waals surface area contributed by atoms with Gasteiger partial charge in [-0.05, 0) is 30.5 Å². The van der Waals surface area contributed by atoms with Crippen molar-refractivity contribution in [1.82, 2.24) is 0 Å². The van der Waals surface area contributed by atoms with Crippen molar-refractivity contribution in [1.29, 1.82) is 0 Å². The standard InChI is InChI=1S/C14H17NO2/c1-2-3-4-5-9-14(17)15-13-8-6-7-12(10-13)11-16/h1,6-8,10,16H,3-5,9,11H2,(H,15,17). The number of hydrogen-bond donors (Lipinski definition) is 2. The van der Waals surface area contributed by atoms with Crippen molar-refractivity contribution in [3.63, 3.8) is 0 Å². The first-order chi connectivity index (χ1) is 8.26. The largest absolute Gasteiger partial charge is 0.392 e. The van der Waals surface area contributed by atoms with Crippen LogP contribution in [-0.4, -0.2) is 11.0 Å². The molecule has 0 atom stereocenters. The van der Waals surface area contributed by atoms with Crippen molar-refractivity contribution < 1.29 is 9.90 Å². The molecule has 1 rings (SSSR count). The highest BCUT2D eigenvalue weighted by Gasteiger charge is 2.02. The summed E-state index contributed by atoms with van der Waals surface area (Å²) in [6, 6.07) is 7.18. The van der Waals surface area contributed by atoms with Crippen molar-refractivity contribution in [3.05, 3.63) is 29.8 Å². The fraction of sp³-hybridized carbons (Fsp3) is 0.357. The summed E-state index contributed by atoms with van der Waals surface area (Å²) in [7, 11) is 0. The predicted molar refractivity (Wildman–Crippen MR) is 68.3 cm³/mol. The van der Waals surface area contributed by atoms with Gasteiger partial charge < -0.3 is 10.4 Å². The van der Waals surface area contributed by atoms with Crippen molar-refractivity contribution in [2.75, 3.05) is 5.32 Å². The van der Waals surface area contributed by atoms with Gasteiger partial charge in [0.2, 0.25) is 5.91 Å². The summed E-state index contributed by atoms with van der Waals surface area (Å²) in [6.45, 7) is -0.0219. The first-order valence-corrected chi connectivity index (χ1v) is 5.69. The summed E-state index contributed by atoms with van der Waals surface area (Å²) < 4.78 is 0.